The second kappa shape index (κ2) is 11.4. The summed E-state index contributed by atoms with van der Waals surface area (Å²) < 4.78 is 6.05. The Morgan fingerprint density at radius 2 is 1.68 bits per heavy atom. The molecular formula is C25H25BrN2O3. The average Bonchev–Trinajstić information content (AvgIpc) is 2.79. The molecule has 3 aromatic rings. The van der Waals surface area contributed by atoms with E-state index in [0.717, 1.165) is 21.3 Å². The Balaban J connectivity index is 1.66. The highest BCUT2D eigenvalue weighted by molar-refractivity contribution is 9.10. The molecule has 0 fully saturated rings. The van der Waals surface area contributed by atoms with Crippen LogP contribution in [0.2, 0.25) is 0 Å². The van der Waals surface area contributed by atoms with Gasteiger partial charge in [-0.25, -0.2) is 0 Å². The maximum Gasteiger partial charge on any atom is 0.251 e. The summed E-state index contributed by atoms with van der Waals surface area (Å²) in [5.41, 5.74) is 2.51. The number of hydrogen-bond donors (Lipinski definition) is 2. The first kappa shape index (κ1) is 22.7. The second-order valence-corrected chi connectivity index (χ2v) is 8.06. The molecule has 0 saturated heterocycles. The van der Waals surface area contributed by atoms with Crippen LogP contribution in [0.4, 0.5) is 0 Å². The summed E-state index contributed by atoms with van der Waals surface area (Å²) in [5.74, 6) is 0.423. The monoisotopic (exact) mass is 480 g/mol. The van der Waals surface area contributed by atoms with Crippen molar-refractivity contribution in [2.24, 2.45) is 0 Å². The van der Waals surface area contributed by atoms with E-state index >= 15 is 0 Å². The zero-order valence-corrected chi connectivity index (χ0v) is 18.9. The molecule has 0 heterocycles. The summed E-state index contributed by atoms with van der Waals surface area (Å²) in [5, 5.41) is 6.08. The molecule has 0 saturated carbocycles. The van der Waals surface area contributed by atoms with Gasteiger partial charge in [0.2, 0.25) is 0 Å². The fourth-order valence-corrected chi connectivity index (χ4v) is 3.60. The van der Waals surface area contributed by atoms with Gasteiger partial charge in [0, 0.05) is 16.6 Å². The number of amides is 1. The molecule has 0 aliphatic rings. The van der Waals surface area contributed by atoms with Crippen molar-refractivity contribution < 1.29 is 14.3 Å². The number of methoxy groups -OCH3 is 1. The molecule has 0 aliphatic carbocycles. The Labute approximate surface area is 191 Å². The van der Waals surface area contributed by atoms with Crippen molar-refractivity contribution in [3.8, 4) is 5.75 Å². The van der Waals surface area contributed by atoms with Gasteiger partial charge in [0.25, 0.3) is 5.91 Å². The Morgan fingerprint density at radius 1 is 0.935 bits per heavy atom. The molecule has 0 aromatic heterocycles. The lowest BCUT2D eigenvalue weighted by molar-refractivity contribution is -0.120. The molecular weight excluding hydrogens is 456 g/mol. The number of ketones is 1. The lowest BCUT2D eigenvalue weighted by Gasteiger charge is -2.18. The number of carbonyl (C=O) groups excluding carboxylic acids is 2. The van der Waals surface area contributed by atoms with Crippen LogP contribution in [0.5, 0.6) is 5.75 Å². The van der Waals surface area contributed by atoms with Gasteiger partial charge in [-0.3, -0.25) is 9.59 Å². The molecule has 2 N–H and O–H groups in total. The highest BCUT2D eigenvalue weighted by Gasteiger charge is 2.21. The molecule has 31 heavy (non-hydrogen) atoms. The number of rotatable bonds is 10. The maximum atomic E-state index is 13.0. The van der Waals surface area contributed by atoms with Crippen molar-refractivity contribution in [1.29, 1.82) is 0 Å². The summed E-state index contributed by atoms with van der Waals surface area (Å²) in [6.07, 6.45) is 0.431. The molecule has 0 aliphatic heterocycles. The summed E-state index contributed by atoms with van der Waals surface area (Å²) in [7, 11) is 1.62. The normalized spacial score (nSPS) is 11.5. The molecule has 3 rings (SSSR count). The van der Waals surface area contributed by atoms with Crippen LogP contribution in [0.1, 0.15) is 21.5 Å². The van der Waals surface area contributed by atoms with Crippen LogP contribution < -0.4 is 15.4 Å². The summed E-state index contributed by atoms with van der Waals surface area (Å²) >= 11 is 3.38. The molecule has 160 valence electrons. The minimum atomic E-state index is -0.633. The Hall–Kier alpha value is -2.96. The standard InChI is InChI=1S/C25H25BrN2O3/c1-31-22-12-5-9-19(13-22)16-27-17-24(29)23(14-18-7-3-2-4-8-18)28-25(30)20-10-6-11-21(26)15-20/h2-13,15,23,27H,14,16-17H2,1H3,(H,28,30). The zero-order chi connectivity index (χ0) is 22.1. The van der Waals surface area contributed by atoms with E-state index in [0.29, 0.717) is 18.5 Å². The third-order valence-corrected chi connectivity index (χ3v) is 5.32. The average molecular weight is 481 g/mol. The van der Waals surface area contributed by atoms with Gasteiger partial charge in [-0.15, -0.1) is 0 Å². The van der Waals surface area contributed by atoms with E-state index < -0.39 is 6.04 Å². The van der Waals surface area contributed by atoms with Crippen LogP contribution in [-0.4, -0.2) is 31.4 Å². The smallest absolute Gasteiger partial charge is 0.251 e. The predicted octanol–water partition coefficient (Wildman–Crippen LogP) is 4.16. The van der Waals surface area contributed by atoms with E-state index in [1.54, 1.807) is 25.3 Å². The van der Waals surface area contributed by atoms with Crippen LogP contribution in [0.15, 0.2) is 83.3 Å². The van der Waals surface area contributed by atoms with Gasteiger partial charge in [-0.05, 0) is 47.9 Å². The van der Waals surface area contributed by atoms with Gasteiger partial charge >= 0.3 is 0 Å². The number of benzene rings is 3. The summed E-state index contributed by atoms with van der Waals surface area (Å²) in [6, 6.07) is 23.8. The predicted molar refractivity (Wildman–Crippen MR) is 125 cm³/mol. The number of Topliss-reactive ketones (excluding diaryl/α,β-unsaturated/α-hetero) is 1. The first-order chi connectivity index (χ1) is 15.0. The molecule has 1 atom stereocenters. The van der Waals surface area contributed by atoms with Crippen molar-refractivity contribution in [2.75, 3.05) is 13.7 Å². The van der Waals surface area contributed by atoms with Crippen molar-refractivity contribution in [3.05, 3.63) is 100 Å². The number of halogens is 1. The largest absolute Gasteiger partial charge is 0.497 e. The Bertz CT molecular complexity index is 1020. The van der Waals surface area contributed by atoms with Gasteiger partial charge < -0.3 is 15.4 Å². The number of hydrogen-bond acceptors (Lipinski definition) is 4. The zero-order valence-electron chi connectivity index (χ0n) is 17.3. The third-order valence-electron chi connectivity index (χ3n) is 4.83. The van der Waals surface area contributed by atoms with Gasteiger partial charge in [0.05, 0.1) is 19.7 Å². The minimum Gasteiger partial charge on any atom is -0.497 e. The van der Waals surface area contributed by atoms with Crippen molar-refractivity contribution in [3.63, 3.8) is 0 Å². The first-order valence-corrected chi connectivity index (χ1v) is 10.8. The molecule has 1 unspecified atom stereocenters. The Kier molecular flexibility index (Phi) is 8.38. The lowest BCUT2D eigenvalue weighted by atomic mass is 10.0. The Morgan fingerprint density at radius 3 is 2.42 bits per heavy atom. The molecule has 0 bridgehead atoms. The highest BCUT2D eigenvalue weighted by Crippen LogP contribution is 2.13. The van der Waals surface area contributed by atoms with Gasteiger partial charge in [-0.1, -0.05) is 64.5 Å². The van der Waals surface area contributed by atoms with Gasteiger partial charge in [-0.2, -0.15) is 0 Å². The second-order valence-electron chi connectivity index (χ2n) is 7.15. The van der Waals surface area contributed by atoms with Crippen molar-refractivity contribution in [1.82, 2.24) is 10.6 Å². The number of nitrogens with one attached hydrogen (secondary N) is 2. The van der Waals surface area contributed by atoms with Crippen molar-refractivity contribution in [2.45, 2.75) is 19.0 Å². The third kappa shape index (κ3) is 7.05. The van der Waals surface area contributed by atoms with Crippen LogP contribution in [0.3, 0.4) is 0 Å². The molecule has 6 heteroatoms. The summed E-state index contributed by atoms with van der Waals surface area (Å²) in [4.78, 5) is 25.7. The number of ether oxygens (including phenoxy) is 1. The van der Waals surface area contributed by atoms with E-state index in [1.807, 2.05) is 60.7 Å². The van der Waals surface area contributed by atoms with Crippen molar-refractivity contribution >= 4 is 27.6 Å². The number of carbonyl (C=O) groups is 2. The minimum absolute atomic E-state index is 0.0740. The molecule has 0 radical (unpaired) electrons. The van der Waals surface area contributed by atoms with Crippen LogP contribution >= 0.6 is 15.9 Å². The SMILES string of the molecule is COc1cccc(CNCC(=O)C(Cc2ccccc2)NC(=O)c2cccc(Br)c2)c1. The lowest BCUT2D eigenvalue weighted by Crippen LogP contribution is -2.45. The van der Waals surface area contributed by atoms with E-state index in [1.165, 1.54) is 0 Å². The molecule has 1 amide bonds. The topological polar surface area (TPSA) is 67.4 Å². The van der Waals surface area contributed by atoms with E-state index in [-0.39, 0.29) is 18.2 Å². The van der Waals surface area contributed by atoms with Crippen LogP contribution in [0.25, 0.3) is 0 Å². The van der Waals surface area contributed by atoms with Crippen LogP contribution in [0, 0.1) is 0 Å². The molecule has 0 spiro atoms. The maximum absolute atomic E-state index is 13.0. The van der Waals surface area contributed by atoms with E-state index in [2.05, 4.69) is 26.6 Å². The fraction of sp³-hybridized carbons (Fsp3) is 0.200. The van der Waals surface area contributed by atoms with Crippen LogP contribution in [-0.2, 0) is 17.8 Å². The quantitative estimate of drug-likeness (QED) is 0.457. The van der Waals surface area contributed by atoms with E-state index in [9.17, 15) is 9.59 Å². The van der Waals surface area contributed by atoms with Gasteiger partial charge in [0.15, 0.2) is 5.78 Å². The molecule has 5 nitrogen and oxygen atoms in total. The fourth-order valence-electron chi connectivity index (χ4n) is 3.20. The summed E-state index contributed by atoms with van der Waals surface area (Å²) in [6.45, 7) is 0.675. The molecule has 3 aromatic carbocycles. The van der Waals surface area contributed by atoms with E-state index in [4.69, 9.17) is 4.74 Å². The van der Waals surface area contributed by atoms with Gasteiger partial charge in [0.1, 0.15) is 5.75 Å². The highest BCUT2D eigenvalue weighted by atomic mass is 79.9. The first-order valence-electron chi connectivity index (χ1n) is 10.0.